The first kappa shape index (κ1) is 17.6. The highest BCUT2D eigenvalue weighted by atomic mass is 35.5. The molecule has 0 fully saturated rings. The molecule has 0 saturated carbocycles. The molecule has 1 N–H and O–H groups in total. The van der Waals surface area contributed by atoms with Gasteiger partial charge in [-0.1, -0.05) is 48.0 Å². The number of aryl methyl sites for hydroxylation is 1. The largest absolute Gasteiger partial charge is 0.371 e. The van der Waals surface area contributed by atoms with Crippen LogP contribution in [-0.4, -0.2) is 25.5 Å². The second-order valence-electron chi connectivity index (χ2n) is 6.22. The maximum atomic E-state index is 11.9. The topological polar surface area (TPSA) is 32.3 Å². The number of para-hydroxylation sites is 1. The number of hydrogen-bond acceptors (Lipinski definition) is 2. The van der Waals surface area contributed by atoms with Crippen molar-refractivity contribution in [3.05, 3.63) is 70.8 Å². The lowest BCUT2D eigenvalue weighted by Crippen LogP contribution is -2.32. The number of benzene rings is 2. The molecule has 0 saturated heterocycles. The number of fused-ring (bicyclic) bond motifs is 1. The zero-order chi connectivity index (χ0) is 17.5. The Bertz CT molecular complexity index is 757. The summed E-state index contributed by atoms with van der Waals surface area (Å²) >= 11 is 6.07. The molecule has 3 nitrogen and oxygen atoms in total. The van der Waals surface area contributed by atoms with Crippen molar-refractivity contribution in [3.63, 3.8) is 0 Å². The molecule has 3 rings (SSSR count). The lowest BCUT2D eigenvalue weighted by molar-refractivity contribution is -0.116. The number of anilines is 1. The van der Waals surface area contributed by atoms with E-state index in [0.717, 1.165) is 31.5 Å². The molecule has 0 bridgehead atoms. The van der Waals surface area contributed by atoms with E-state index < -0.39 is 0 Å². The van der Waals surface area contributed by atoms with Crippen LogP contribution in [0.1, 0.15) is 24.0 Å². The summed E-state index contributed by atoms with van der Waals surface area (Å²) in [6.45, 7) is 2.73. The molecule has 1 aliphatic rings. The molecule has 2 aromatic rings. The van der Waals surface area contributed by atoms with E-state index in [9.17, 15) is 4.79 Å². The normalized spacial score (nSPS) is 13.7. The van der Waals surface area contributed by atoms with Gasteiger partial charge in [-0.3, -0.25) is 4.79 Å². The Morgan fingerprint density at radius 2 is 1.96 bits per heavy atom. The first-order valence-electron chi connectivity index (χ1n) is 8.77. The second kappa shape index (κ2) is 8.72. The van der Waals surface area contributed by atoms with Gasteiger partial charge in [-0.25, -0.2) is 0 Å². The van der Waals surface area contributed by atoms with Crippen LogP contribution >= 0.6 is 11.6 Å². The van der Waals surface area contributed by atoms with E-state index in [-0.39, 0.29) is 5.91 Å². The van der Waals surface area contributed by atoms with Crippen molar-refractivity contribution in [2.45, 2.75) is 19.3 Å². The van der Waals surface area contributed by atoms with Crippen LogP contribution in [0.3, 0.4) is 0 Å². The van der Waals surface area contributed by atoms with Gasteiger partial charge in [-0.05, 0) is 48.6 Å². The first-order valence-corrected chi connectivity index (χ1v) is 9.15. The van der Waals surface area contributed by atoms with Crippen molar-refractivity contribution >= 4 is 29.3 Å². The quantitative estimate of drug-likeness (QED) is 0.619. The van der Waals surface area contributed by atoms with Gasteiger partial charge < -0.3 is 10.2 Å². The molecule has 0 radical (unpaired) electrons. The molecule has 0 unspecified atom stereocenters. The molecule has 0 atom stereocenters. The van der Waals surface area contributed by atoms with Crippen LogP contribution in [0.2, 0.25) is 5.02 Å². The predicted molar refractivity (Wildman–Crippen MR) is 105 cm³/mol. The van der Waals surface area contributed by atoms with Gasteiger partial charge in [0.15, 0.2) is 0 Å². The van der Waals surface area contributed by atoms with Crippen LogP contribution in [-0.2, 0) is 11.2 Å². The van der Waals surface area contributed by atoms with Crippen LogP contribution in [0.15, 0.2) is 54.6 Å². The van der Waals surface area contributed by atoms with E-state index in [1.165, 1.54) is 23.7 Å². The van der Waals surface area contributed by atoms with Crippen molar-refractivity contribution in [1.29, 1.82) is 0 Å². The van der Waals surface area contributed by atoms with E-state index in [2.05, 4.69) is 34.5 Å². The van der Waals surface area contributed by atoms with Gasteiger partial charge in [-0.2, -0.15) is 0 Å². The summed E-state index contributed by atoms with van der Waals surface area (Å²) in [5.41, 5.74) is 3.63. The molecule has 0 aromatic heterocycles. The summed E-state index contributed by atoms with van der Waals surface area (Å²) < 4.78 is 0. The SMILES string of the molecule is O=C(/C=C/c1ccccc1Cl)NCCCN1CCCc2ccccc21. The van der Waals surface area contributed by atoms with Gasteiger partial charge in [0.1, 0.15) is 0 Å². The third-order valence-corrected chi connectivity index (χ3v) is 4.77. The summed E-state index contributed by atoms with van der Waals surface area (Å²) in [5.74, 6) is -0.0843. The fourth-order valence-corrected chi connectivity index (χ4v) is 3.36. The van der Waals surface area contributed by atoms with Crippen LogP contribution in [0, 0.1) is 0 Å². The minimum atomic E-state index is -0.0843. The van der Waals surface area contributed by atoms with E-state index in [4.69, 9.17) is 11.6 Å². The molecule has 1 aliphatic heterocycles. The Morgan fingerprint density at radius 3 is 2.84 bits per heavy atom. The average molecular weight is 355 g/mol. The van der Waals surface area contributed by atoms with Crippen molar-refractivity contribution in [1.82, 2.24) is 5.32 Å². The van der Waals surface area contributed by atoms with Gasteiger partial charge in [-0.15, -0.1) is 0 Å². The standard InChI is InChI=1S/C21H23ClN2O/c22-19-10-3-1-7-17(19)12-13-21(25)23-14-6-16-24-15-5-9-18-8-2-4-11-20(18)24/h1-4,7-8,10-13H,5-6,9,14-16H2,(H,23,25)/b13-12+. The highest BCUT2D eigenvalue weighted by Crippen LogP contribution is 2.26. The highest BCUT2D eigenvalue weighted by molar-refractivity contribution is 6.32. The Hall–Kier alpha value is -2.26. The van der Waals surface area contributed by atoms with Gasteiger partial charge in [0.25, 0.3) is 0 Å². The molecule has 1 amide bonds. The number of hydrogen-bond donors (Lipinski definition) is 1. The fourth-order valence-electron chi connectivity index (χ4n) is 3.16. The molecule has 1 heterocycles. The number of rotatable bonds is 6. The zero-order valence-electron chi connectivity index (χ0n) is 14.2. The molecule has 2 aromatic carbocycles. The van der Waals surface area contributed by atoms with E-state index in [1.807, 2.05) is 24.3 Å². The lowest BCUT2D eigenvalue weighted by atomic mass is 10.0. The smallest absolute Gasteiger partial charge is 0.244 e. The molecular formula is C21H23ClN2O. The molecule has 4 heteroatoms. The summed E-state index contributed by atoms with van der Waals surface area (Å²) in [6, 6.07) is 16.1. The molecule has 0 spiro atoms. The molecular weight excluding hydrogens is 332 g/mol. The average Bonchev–Trinajstić information content (AvgIpc) is 2.64. The summed E-state index contributed by atoms with van der Waals surface area (Å²) in [7, 11) is 0. The van der Waals surface area contributed by atoms with Gasteiger partial charge >= 0.3 is 0 Å². The van der Waals surface area contributed by atoms with Crippen molar-refractivity contribution in [3.8, 4) is 0 Å². The summed E-state index contributed by atoms with van der Waals surface area (Å²) in [4.78, 5) is 14.3. The Morgan fingerprint density at radius 1 is 1.16 bits per heavy atom. The zero-order valence-corrected chi connectivity index (χ0v) is 15.0. The molecule has 25 heavy (non-hydrogen) atoms. The van der Waals surface area contributed by atoms with E-state index >= 15 is 0 Å². The lowest BCUT2D eigenvalue weighted by Gasteiger charge is -2.31. The number of carbonyl (C=O) groups is 1. The van der Waals surface area contributed by atoms with Crippen molar-refractivity contribution in [2.75, 3.05) is 24.5 Å². The van der Waals surface area contributed by atoms with Crippen LogP contribution in [0.25, 0.3) is 6.08 Å². The third kappa shape index (κ3) is 4.86. The summed E-state index contributed by atoms with van der Waals surface area (Å²) in [6.07, 6.45) is 6.58. The number of nitrogens with zero attached hydrogens (tertiary/aromatic N) is 1. The van der Waals surface area contributed by atoms with Crippen LogP contribution < -0.4 is 10.2 Å². The monoisotopic (exact) mass is 354 g/mol. The Kier molecular flexibility index (Phi) is 6.13. The summed E-state index contributed by atoms with van der Waals surface area (Å²) in [5, 5.41) is 3.59. The first-order chi connectivity index (χ1) is 12.2. The van der Waals surface area contributed by atoms with Gasteiger partial charge in [0.05, 0.1) is 0 Å². The number of nitrogens with one attached hydrogen (secondary N) is 1. The highest BCUT2D eigenvalue weighted by Gasteiger charge is 2.15. The second-order valence-corrected chi connectivity index (χ2v) is 6.63. The van der Waals surface area contributed by atoms with Gasteiger partial charge in [0, 0.05) is 36.4 Å². The van der Waals surface area contributed by atoms with Gasteiger partial charge in [0.2, 0.25) is 5.91 Å². The van der Waals surface area contributed by atoms with E-state index in [0.29, 0.717) is 11.6 Å². The van der Waals surface area contributed by atoms with E-state index in [1.54, 1.807) is 6.08 Å². The minimum absolute atomic E-state index is 0.0843. The number of halogens is 1. The predicted octanol–water partition coefficient (Wildman–Crippen LogP) is 4.31. The maximum Gasteiger partial charge on any atom is 0.244 e. The fraction of sp³-hybridized carbons (Fsp3) is 0.286. The van der Waals surface area contributed by atoms with Crippen molar-refractivity contribution < 1.29 is 4.79 Å². The molecule has 0 aliphatic carbocycles. The van der Waals surface area contributed by atoms with Crippen molar-refractivity contribution in [2.24, 2.45) is 0 Å². The Labute approximate surface area is 154 Å². The Balaban J connectivity index is 1.43. The van der Waals surface area contributed by atoms with Crippen LogP contribution in [0.4, 0.5) is 5.69 Å². The molecule has 130 valence electrons. The number of amides is 1. The maximum absolute atomic E-state index is 11.9. The number of carbonyl (C=O) groups excluding carboxylic acids is 1. The minimum Gasteiger partial charge on any atom is -0.371 e. The van der Waals surface area contributed by atoms with Crippen LogP contribution in [0.5, 0.6) is 0 Å². The third-order valence-electron chi connectivity index (χ3n) is 4.43.